The van der Waals surface area contributed by atoms with Crippen molar-refractivity contribution in [1.82, 2.24) is 9.55 Å². The van der Waals surface area contributed by atoms with E-state index in [4.69, 9.17) is 9.72 Å². The molecule has 380 valence electrons. The maximum Gasteiger partial charge on any atom is 0.135 e. The summed E-state index contributed by atoms with van der Waals surface area (Å²) in [6.07, 6.45) is 4.18. The molecule has 0 saturated heterocycles. The second-order valence-corrected chi connectivity index (χ2v) is 24.0. The molecule has 1 aliphatic rings. The van der Waals surface area contributed by atoms with Crippen molar-refractivity contribution < 1.29 is 25.8 Å². The van der Waals surface area contributed by atoms with Gasteiger partial charge in [-0.25, -0.2) is 4.98 Å². The fourth-order valence-corrected chi connectivity index (χ4v) is 10.2. The first-order chi connectivity index (χ1) is 34.6. The monoisotopic (exact) mass is 1150 g/mol. The zero-order chi connectivity index (χ0) is 51.7. The number of hydrogen-bond donors (Lipinski definition) is 0. The summed E-state index contributed by atoms with van der Waals surface area (Å²) in [4.78, 5) is 9.63. The normalized spacial score (nSPS) is 13.6. The first-order valence-electron chi connectivity index (χ1n) is 25.8. The van der Waals surface area contributed by atoms with Gasteiger partial charge in [0.2, 0.25) is 0 Å². The van der Waals surface area contributed by atoms with Gasteiger partial charge in [-0.05, 0) is 97.0 Å². The Bertz CT molecular complexity index is 3480. The van der Waals surface area contributed by atoms with E-state index in [2.05, 4.69) is 293 Å². The molecule has 74 heavy (non-hydrogen) atoms. The number of nitrogens with zero attached hydrogens (tertiary/aromatic N) is 4. The van der Waals surface area contributed by atoms with Gasteiger partial charge in [0.15, 0.2) is 0 Å². The Morgan fingerprint density at radius 2 is 1.05 bits per heavy atom. The summed E-state index contributed by atoms with van der Waals surface area (Å²) < 4.78 is 9.50. The molecule has 0 spiro atoms. The van der Waals surface area contributed by atoms with Gasteiger partial charge in [0.1, 0.15) is 5.82 Å². The molecule has 1 aliphatic heterocycles. The molecule has 6 heteroatoms. The zero-order valence-corrected chi connectivity index (χ0v) is 47.6. The van der Waals surface area contributed by atoms with Crippen LogP contribution in [-0.2, 0) is 48.1 Å². The van der Waals surface area contributed by atoms with Crippen molar-refractivity contribution in [1.29, 1.82) is 0 Å². The Balaban J connectivity index is 0.00000672. The number of aromatic nitrogens is 2. The molecule has 0 N–H and O–H groups in total. The topological polar surface area (TPSA) is 33.5 Å². The fourth-order valence-electron chi connectivity index (χ4n) is 10.2. The van der Waals surface area contributed by atoms with Crippen LogP contribution in [0.15, 0.2) is 176 Å². The molecule has 0 unspecified atom stereocenters. The van der Waals surface area contributed by atoms with E-state index in [1.165, 1.54) is 33.4 Å². The van der Waals surface area contributed by atoms with Crippen molar-refractivity contribution >= 4 is 38.9 Å². The van der Waals surface area contributed by atoms with E-state index in [9.17, 15) is 0 Å². The van der Waals surface area contributed by atoms with E-state index in [0.717, 1.165) is 55.8 Å². The van der Waals surface area contributed by atoms with Crippen molar-refractivity contribution in [2.24, 2.45) is 0 Å². The molecular formula is C68H69N4OPt-3. The van der Waals surface area contributed by atoms with Crippen LogP contribution in [0.3, 0.4) is 0 Å². The molecule has 0 bridgehead atoms. The van der Waals surface area contributed by atoms with Crippen LogP contribution < -0.4 is 14.5 Å². The number of para-hydroxylation sites is 1. The minimum atomic E-state index is -0.391. The minimum absolute atomic E-state index is 0. The molecule has 2 aromatic heterocycles. The first-order valence-corrected chi connectivity index (χ1v) is 25.8. The molecule has 0 amide bonds. The third-order valence-corrected chi connectivity index (χ3v) is 15.0. The van der Waals surface area contributed by atoms with Crippen LogP contribution in [0.25, 0.3) is 33.3 Å². The Morgan fingerprint density at radius 1 is 0.500 bits per heavy atom. The Morgan fingerprint density at radius 3 is 1.65 bits per heavy atom. The van der Waals surface area contributed by atoms with Crippen molar-refractivity contribution in [2.75, 3.05) is 9.80 Å². The van der Waals surface area contributed by atoms with E-state index in [1.54, 1.807) is 0 Å². The zero-order valence-electron chi connectivity index (χ0n) is 45.3. The summed E-state index contributed by atoms with van der Waals surface area (Å²) in [7, 11) is 0. The minimum Gasteiger partial charge on any atom is -0.509 e. The Labute approximate surface area is 455 Å². The molecule has 3 heterocycles. The molecule has 7 aromatic carbocycles. The van der Waals surface area contributed by atoms with Gasteiger partial charge in [-0.15, -0.1) is 53.8 Å². The third kappa shape index (κ3) is 10.0. The molecule has 0 aliphatic carbocycles. The number of hydrogen-bond acceptors (Lipinski definition) is 4. The molecule has 0 fully saturated rings. The number of ether oxygens (including phenoxy) is 1. The Hall–Kier alpha value is -6.68. The molecular weight excluding hydrogens is 1080 g/mol. The van der Waals surface area contributed by atoms with Crippen molar-refractivity contribution in [3.8, 4) is 17.3 Å². The number of benzene rings is 7. The quantitative estimate of drug-likeness (QED) is 0.128. The van der Waals surface area contributed by atoms with E-state index in [0.29, 0.717) is 11.5 Å². The van der Waals surface area contributed by atoms with Gasteiger partial charge in [-0.1, -0.05) is 216 Å². The molecule has 9 aromatic rings. The standard InChI is InChI=1S/C68H69N4O.Pt/c1-64(2,3)50-35-51(65(4,5)6)37-54(36-50)71-45-70(44-61(71)46-25-17-14-18-26-46)53-38-52(68(12,13)48-29-21-16-22-30-48)39-55(41-53)73-56-42-58(66(7,8)9)63-57-31-23-24-32-59(57)72(60(63)43-56)62-40-49(33-34-69-62)67(10,11)47-27-19-15-20-28-47;/h14-40,42,44-45H,1-13H3;/q-3;. The van der Waals surface area contributed by atoms with Crippen LogP contribution in [0, 0.1) is 18.8 Å². The van der Waals surface area contributed by atoms with Crippen molar-refractivity contribution in [3.05, 3.63) is 239 Å². The van der Waals surface area contributed by atoms with Crippen LogP contribution >= 0.6 is 0 Å². The molecule has 0 saturated carbocycles. The van der Waals surface area contributed by atoms with Crippen molar-refractivity contribution in [3.63, 3.8) is 0 Å². The molecule has 0 radical (unpaired) electrons. The number of anilines is 2. The molecule has 0 atom stereocenters. The predicted molar refractivity (Wildman–Crippen MR) is 306 cm³/mol. The van der Waals surface area contributed by atoms with E-state index in [-0.39, 0.29) is 42.7 Å². The maximum absolute atomic E-state index is 7.23. The third-order valence-electron chi connectivity index (χ3n) is 15.0. The predicted octanol–water partition coefficient (Wildman–Crippen LogP) is 17.6. The number of fused-ring (bicyclic) bond motifs is 3. The summed E-state index contributed by atoms with van der Waals surface area (Å²) >= 11 is 0. The van der Waals surface area contributed by atoms with E-state index >= 15 is 0 Å². The number of pyridine rings is 1. The fraction of sp³-hybridized carbons (Fsp3) is 0.265. The van der Waals surface area contributed by atoms with Gasteiger partial charge in [-0.2, -0.15) is 0 Å². The molecule has 5 nitrogen and oxygen atoms in total. The average Bonchev–Trinajstić information content (AvgIpc) is 3.97. The van der Waals surface area contributed by atoms with Crippen LogP contribution in [-0.4, -0.2) is 9.55 Å². The summed E-state index contributed by atoms with van der Waals surface area (Å²) in [5.41, 5.74) is 13.6. The average molecular weight is 1150 g/mol. The summed E-state index contributed by atoms with van der Waals surface area (Å²) in [5.74, 6) is 2.05. The van der Waals surface area contributed by atoms with Crippen LogP contribution in [0.5, 0.6) is 11.5 Å². The largest absolute Gasteiger partial charge is 0.509 e. The van der Waals surface area contributed by atoms with Gasteiger partial charge in [-0.3, -0.25) is 0 Å². The van der Waals surface area contributed by atoms with Gasteiger partial charge in [0.25, 0.3) is 0 Å². The first kappa shape index (κ1) is 52.2. The Kier molecular flexibility index (Phi) is 13.8. The van der Waals surface area contributed by atoms with Crippen molar-refractivity contribution in [2.45, 2.75) is 117 Å². The van der Waals surface area contributed by atoms with Gasteiger partial charge < -0.3 is 19.1 Å². The SMILES string of the molecule is CC(C)(C)c1cc(N2[CH-]N(c3[c-]c(Oc4[c-]c5c(c(C(C)(C)C)c4)c4ccccc4n5-c4cc(C(C)(C)c5ccccc5)ccn4)cc(C(C)(C)c4ccccc4)c3)C=C2c2ccccc2)cc(C(C)(C)C)c1.[Pt]. The smallest absolute Gasteiger partial charge is 0.135 e. The molecule has 10 rings (SSSR count). The van der Waals surface area contributed by atoms with Gasteiger partial charge >= 0.3 is 0 Å². The second kappa shape index (κ2) is 19.5. The second-order valence-electron chi connectivity index (χ2n) is 24.0. The van der Waals surface area contributed by atoms with Crippen LogP contribution in [0.4, 0.5) is 11.4 Å². The van der Waals surface area contributed by atoms with E-state index < -0.39 is 5.41 Å². The van der Waals surface area contributed by atoms with Gasteiger partial charge in [0, 0.05) is 61.1 Å². The number of rotatable bonds is 10. The summed E-state index contributed by atoms with van der Waals surface area (Å²) in [6, 6.07) is 66.5. The maximum atomic E-state index is 7.23. The van der Waals surface area contributed by atoms with E-state index in [1.807, 2.05) is 6.20 Å². The van der Waals surface area contributed by atoms with Gasteiger partial charge in [0.05, 0.1) is 0 Å². The summed E-state index contributed by atoms with van der Waals surface area (Å²) in [6.45, 7) is 32.0. The van der Waals surface area contributed by atoms with Crippen LogP contribution in [0.2, 0.25) is 0 Å². The summed E-state index contributed by atoms with van der Waals surface area (Å²) in [5, 5.41) is 2.29. The van der Waals surface area contributed by atoms with Crippen LogP contribution in [0.1, 0.15) is 135 Å².